The molecular weight excluding hydrogens is 505 g/mol. The van der Waals surface area contributed by atoms with E-state index in [0.717, 1.165) is 20.2 Å². The molecule has 0 spiro atoms. The van der Waals surface area contributed by atoms with Gasteiger partial charge in [0.25, 0.3) is 10.0 Å². The van der Waals surface area contributed by atoms with Crippen molar-refractivity contribution in [2.45, 2.75) is 23.1 Å². The van der Waals surface area contributed by atoms with Crippen LogP contribution in [0.5, 0.6) is 0 Å². The van der Waals surface area contributed by atoms with E-state index in [9.17, 15) is 26.0 Å². The number of anilines is 2. The number of carbonyl (C=O) groups excluding carboxylic acids is 1. The zero-order valence-corrected chi connectivity index (χ0v) is 21.7. The van der Waals surface area contributed by atoms with Crippen molar-refractivity contribution in [3.63, 3.8) is 0 Å². The summed E-state index contributed by atoms with van der Waals surface area (Å²) in [5.74, 6) is -1.34. The molecule has 0 atom stereocenters. The Balaban J connectivity index is 1.69. The third-order valence-electron chi connectivity index (χ3n) is 6.04. The van der Waals surface area contributed by atoms with Crippen molar-refractivity contribution in [3.8, 4) is 0 Å². The number of halogens is 1. The molecule has 11 heteroatoms. The van der Waals surface area contributed by atoms with Crippen LogP contribution in [0, 0.1) is 12.7 Å². The van der Waals surface area contributed by atoms with E-state index in [1.54, 1.807) is 18.2 Å². The van der Waals surface area contributed by atoms with Gasteiger partial charge in [0.15, 0.2) is 0 Å². The van der Waals surface area contributed by atoms with Gasteiger partial charge in [0.1, 0.15) is 12.4 Å². The number of nitrogens with zero attached hydrogens (tertiary/aromatic N) is 3. The summed E-state index contributed by atoms with van der Waals surface area (Å²) < 4.78 is 68.7. The number of aryl methyl sites for hydroxylation is 1. The van der Waals surface area contributed by atoms with Crippen LogP contribution in [0.2, 0.25) is 0 Å². The summed E-state index contributed by atoms with van der Waals surface area (Å²) in [5, 5.41) is 0. The lowest BCUT2D eigenvalue weighted by molar-refractivity contribution is -0.117. The minimum Gasteiger partial charge on any atom is -0.310 e. The third-order valence-corrected chi connectivity index (χ3v) is 9.62. The van der Waals surface area contributed by atoms with Crippen LogP contribution in [-0.4, -0.2) is 54.2 Å². The number of para-hydroxylation sites is 1. The molecule has 0 fully saturated rings. The SMILES string of the molecule is Cc1ccc(S(=O)(=O)N(CC(=O)N2CCc3cc(S(=O)(=O)N(C)C)ccc32)c2ccccc2F)cc1. The van der Waals surface area contributed by atoms with Gasteiger partial charge in [0.2, 0.25) is 15.9 Å². The maximum Gasteiger partial charge on any atom is 0.264 e. The van der Waals surface area contributed by atoms with E-state index >= 15 is 0 Å². The Morgan fingerprint density at radius 1 is 0.917 bits per heavy atom. The standard InChI is InChI=1S/C25H26FN3O5S2/c1-18-8-10-20(11-9-18)36(33,34)29(24-7-5-4-6-22(24)26)17-25(30)28-15-14-19-16-21(12-13-23(19)28)35(31,32)27(2)3/h4-13,16H,14-15,17H2,1-3H3. The summed E-state index contributed by atoms with van der Waals surface area (Å²) in [7, 11) is -5.05. The largest absolute Gasteiger partial charge is 0.310 e. The minimum absolute atomic E-state index is 0.0653. The molecule has 0 radical (unpaired) electrons. The van der Waals surface area contributed by atoms with Crippen LogP contribution in [0.1, 0.15) is 11.1 Å². The Morgan fingerprint density at radius 2 is 1.56 bits per heavy atom. The van der Waals surface area contributed by atoms with Crippen LogP contribution in [0.3, 0.4) is 0 Å². The van der Waals surface area contributed by atoms with Crippen LogP contribution in [0.4, 0.5) is 15.8 Å². The van der Waals surface area contributed by atoms with Crippen molar-refractivity contribution in [2.24, 2.45) is 0 Å². The molecule has 190 valence electrons. The van der Waals surface area contributed by atoms with Gasteiger partial charge in [-0.3, -0.25) is 9.10 Å². The molecule has 0 saturated heterocycles. The molecule has 3 aromatic carbocycles. The van der Waals surface area contributed by atoms with Gasteiger partial charge in [0, 0.05) is 26.3 Å². The average Bonchev–Trinajstić information content (AvgIpc) is 3.26. The summed E-state index contributed by atoms with van der Waals surface area (Å²) in [4.78, 5) is 14.8. The molecule has 1 aliphatic heterocycles. The molecule has 3 aromatic rings. The summed E-state index contributed by atoms with van der Waals surface area (Å²) in [6.45, 7) is 1.43. The monoisotopic (exact) mass is 531 g/mol. The van der Waals surface area contributed by atoms with Crippen molar-refractivity contribution in [1.82, 2.24) is 4.31 Å². The predicted molar refractivity (Wildman–Crippen MR) is 135 cm³/mol. The maximum absolute atomic E-state index is 14.7. The van der Waals surface area contributed by atoms with E-state index in [1.165, 1.54) is 61.5 Å². The second-order valence-electron chi connectivity index (χ2n) is 8.65. The highest BCUT2D eigenvalue weighted by molar-refractivity contribution is 7.92. The molecule has 8 nitrogen and oxygen atoms in total. The van der Waals surface area contributed by atoms with Crippen LogP contribution >= 0.6 is 0 Å². The highest BCUT2D eigenvalue weighted by Gasteiger charge is 2.33. The lowest BCUT2D eigenvalue weighted by Crippen LogP contribution is -2.43. The molecule has 0 saturated carbocycles. The van der Waals surface area contributed by atoms with Crippen LogP contribution in [0.15, 0.2) is 76.5 Å². The maximum atomic E-state index is 14.7. The topological polar surface area (TPSA) is 95.1 Å². The molecule has 36 heavy (non-hydrogen) atoms. The van der Waals surface area contributed by atoms with Crippen molar-refractivity contribution in [1.29, 1.82) is 0 Å². The summed E-state index contributed by atoms with van der Waals surface area (Å²) in [6, 6.07) is 16.0. The third kappa shape index (κ3) is 4.73. The van der Waals surface area contributed by atoms with Crippen molar-refractivity contribution >= 4 is 37.3 Å². The summed E-state index contributed by atoms with van der Waals surface area (Å²) in [6.07, 6.45) is 0.405. The highest BCUT2D eigenvalue weighted by Crippen LogP contribution is 2.32. The van der Waals surface area contributed by atoms with Gasteiger partial charge in [-0.25, -0.2) is 25.5 Å². The fourth-order valence-corrected chi connectivity index (χ4v) is 6.38. The van der Waals surface area contributed by atoms with E-state index < -0.39 is 38.3 Å². The highest BCUT2D eigenvalue weighted by atomic mass is 32.2. The molecule has 1 amide bonds. The summed E-state index contributed by atoms with van der Waals surface area (Å²) >= 11 is 0. The van der Waals surface area contributed by atoms with Gasteiger partial charge in [0.05, 0.1) is 15.5 Å². The minimum atomic E-state index is -4.27. The molecule has 0 aliphatic carbocycles. The van der Waals surface area contributed by atoms with Gasteiger partial charge < -0.3 is 4.90 Å². The van der Waals surface area contributed by atoms with E-state index in [-0.39, 0.29) is 22.0 Å². The number of rotatable bonds is 7. The summed E-state index contributed by atoms with van der Waals surface area (Å²) in [5.41, 5.74) is 1.77. The first-order valence-electron chi connectivity index (χ1n) is 11.1. The molecule has 1 aliphatic rings. The van der Waals surface area contributed by atoms with Crippen LogP contribution in [-0.2, 0) is 31.3 Å². The predicted octanol–water partition coefficient (Wildman–Crippen LogP) is 3.17. The first-order valence-corrected chi connectivity index (χ1v) is 14.0. The second kappa shape index (κ2) is 9.64. The normalized spacial score (nSPS) is 13.6. The second-order valence-corrected chi connectivity index (χ2v) is 12.7. The Kier molecular flexibility index (Phi) is 6.91. The first-order chi connectivity index (χ1) is 16.9. The van der Waals surface area contributed by atoms with Gasteiger partial charge in [-0.2, -0.15) is 0 Å². The average molecular weight is 532 g/mol. The lowest BCUT2D eigenvalue weighted by Gasteiger charge is -2.27. The van der Waals surface area contributed by atoms with Crippen LogP contribution < -0.4 is 9.21 Å². The fraction of sp³-hybridized carbons (Fsp3) is 0.240. The zero-order valence-electron chi connectivity index (χ0n) is 20.0. The number of sulfonamides is 2. The number of hydrogen-bond donors (Lipinski definition) is 0. The number of benzene rings is 3. The lowest BCUT2D eigenvalue weighted by atomic mass is 10.2. The van der Waals surface area contributed by atoms with E-state index in [4.69, 9.17) is 0 Å². The van der Waals surface area contributed by atoms with Crippen LogP contribution in [0.25, 0.3) is 0 Å². The Bertz CT molecular complexity index is 1520. The van der Waals surface area contributed by atoms with E-state index in [1.807, 2.05) is 6.92 Å². The van der Waals surface area contributed by atoms with Gasteiger partial charge in [-0.05, 0) is 61.4 Å². The quantitative estimate of drug-likeness (QED) is 0.467. The number of hydrogen-bond acceptors (Lipinski definition) is 5. The number of fused-ring (bicyclic) bond motifs is 1. The molecule has 0 bridgehead atoms. The van der Waals surface area contributed by atoms with Gasteiger partial charge in [-0.15, -0.1) is 0 Å². The van der Waals surface area contributed by atoms with E-state index in [0.29, 0.717) is 17.7 Å². The van der Waals surface area contributed by atoms with Crippen molar-refractivity contribution in [2.75, 3.05) is 36.4 Å². The van der Waals surface area contributed by atoms with E-state index in [2.05, 4.69) is 0 Å². The molecular formula is C25H26FN3O5S2. The number of carbonyl (C=O) groups is 1. The zero-order chi connectivity index (χ0) is 26.3. The molecule has 1 heterocycles. The van der Waals surface area contributed by atoms with Gasteiger partial charge >= 0.3 is 0 Å². The first kappa shape index (κ1) is 25.8. The number of amides is 1. The Morgan fingerprint density at radius 3 is 2.19 bits per heavy atom. The molecule has 0 N–H and O–H groups in total. The fourth-order valence-electron chi connectivity index (χ4n) is 4.01. The Hall–Kier alpha value is -3.28. The Labute approximate surface area is 210 Å². The molecule has 0 aromatic heterocycles. The van der Waals surface area contributed by atoms with Gasteiger partial charge in [-0.1, -0.05) is 29.8 Å². The molecule has 0 unspecified atom stereocenters. The molecule has 4 rings (SSSR count). The van der Waals surface area contributed by atoms with Crippen molar-refractivity contribution < 1.29 is 26.0 Å². The smallest absolute Gasteiger partial charge is 0.264 e. The van der Waals surface area contributed by atoms with Crippen molar-refractivity contribution in [3.05, 3.63) is 83.7 Å².